The number of hydrogen-bond donors (Lipinski definition) is 2. The summed E-state index contributed by atoms with van der Waals surface area (Å²) in [6.07, 6.45) is 9.29. The van der Waals surface area contributed by atoms with Gasteiger partial charge in [0, 0.05) is 23.8 Å². The molecule has 7 heteroatoms. The first kappa shape index (κ1) is 15.1. The minimum atomic E-state index is -0.128. The van der Waals surface area contributed by atoms with Gasteiger partial charge >= 0.3 is 0 Å². The summed E-state index contributed by atoms with van der Waals surface area (Å²) in [7, 11) is 0. The number of nitrogens with one attached hydrogen (secondary N) is 1. The number of nitrogens with two attached hydrogens (primary N) is 1. The van der Waals surface area contributed by atoms with Crippen molar-refractivity contribution in [2.45, 2.75) is 31.7 Å². The number of carbonyl (C=O) groups excluding carboxylic acids is 1. The van der Waals surface area contributed by atoms with E-state index in [2.05, 4.69) is 20.3 Å². The van der Waals surface area contributed by atoms with E-state index < -0.39 is 0 Å². The highest BCUT2D eigenvalue weighted by atomic mass is 32.1. The SMILES string of the molecule is NCC1CCCCC1NC(=O)c1csc(-c2cnccn2)n1. The Bertz CT molecular complexity index is 630. The first-order chi connectivity index (χ1) is 10.8. The van der Waals surface area contributed by atoms with Crippen molar-refractivity contribution in [3.8, 4) is 10.7 Å². The van der Waals surface area contributed by atoms with Crippen LogP contribution < -0.4 is 11.1 Å². The number of thiazole rings is 1. The number of hydrogen-bond acceptors (Lipinski definition) is 6. The largest absolute Gasteiger partial charge is 0.348 e. The zero-order chi connectivity index (χ0) is 15.4. The Morgan fingerprint density at radius 2 is 2.23 bits per heavy atom. The minimum Gasteiger partial charge on any atom is -0.348 e. The third kappa shape index (κ3) is 3.31. The lowest BCUT2D eigenvalue weighted by Crippen LogP contribution is -2.44. The zero-order valence-corrected chi connectivity index (χ0v) is 13.1. The van der Waals surface area contributed by atoms with Crippen molar-refractivity contribution in [3.63, 3.8) is 0 Å². The summed E-state index contributed by atoms with van der Waals surface area (Å²) in [6, 6.07) is 0.160. The summed E-state index contributed by atoms with van der Waals surface area (Å²) < 4.78 is 0. The van der Waals surface area contributed by atoms with Gasteiger partial charge in [0.05, 0.1) is 6.20 Å². The molecule has 1 fully saturated rings. The molecule has 0 bridgehead atoms. The van der Waals surface area contributed by atoms with E-state index in [9.17, 15) is 4.79 Å². The Labute approximate surface area is 133 Å². The summed E-state index contributed by atoms with van der Waals surface area (Å²) >= 11 is 1.40. The highest BCUT2D eigenvalue weighted by Crippen LogP contribution is 2.25. The van der Waals surface area contributed by atoms with E-state index >= 15 is 0 Å². The van der Waals surface area contributed by atoms with Crippen LogP contribution in [0.1, 0.15) is 36.2 Å². The molecule has 2 aromatic rings. The summed E-state index contributed by atoms with van der Waals surface area (Å²) in [6.45, 7) is 0.618. The fourth-order valence-corrected chi connectivity index (χ4v) is 3.59. The first-order valence-corrected chi connectivity index (χ1v) is 8.38. The predicted octanol–water partition coefficient (Wildman–Crippen LogP) is 1.85. The van der Waals surface area contributed by atoms with Crippen LogP contribution in [0.5, 0.6) is 0 Å². The number of aromatic nitrogens is 3. The second-order valence-corrected chi connectivity index (χ2v) is 6.35. The molecule has 2 atom stereocenters. The van der Waals surface area contributed by atoms with E-state index in [4.69, 9.17) is 5.73 Å². The van der Waals surface area contributed by atoms with Gasteiger partial charge in [0.15, 0.2) is 0 Å². The summed E-state index contributed by atoms with van der Waals surface area (Å²) in [5.41, 5.74) is 6.93. The van der Waals surface area contributed by atoms with Crippen molar-refractivity contribution in [1.82, 2.24) is 20.3 Å². The topological polar surface area (TPSA) is 93.8 Å². The molecule has 2 unspecified atom stereocenters. The Balaban J connectivity index is 1.69. The van der Waals surface area contributed by atoms with Gasteiger partial charge in [0.1, 0.15) is 16.4 Å². The molecule has 0 saturated heterocycles. The van der Waals surface area contributed by atoms with Crippen molar-refractivity contribution >= 4 is 17.2 Å². The van der Waals surface area contributed by atoms with Crippen LogP contribution in [0.15, 0.2) is 24.0 Å². The van der Waals surface area contributed by atoms with Crippen molar-refractivity contribution in [2.75, 3.05) is 6.54 Å². The lowest BCUT2D eigenvalue weighted by molar-refractivity contribution is 0.0904. The van der Waals surface area contributed by atoms with Crippen molar-refractivity contribution in [1.29, 1.82) is 0 Å². The van der Waals surface area contributed by atoms with Crippen LogP contribution in [0.2, 0.25) is 0 Å². The van der Waals surface area contributed by atoms with Crippen LogP contribution in [-0.4, -0.2) is 33.4 Å². The fraction of sp³-hybridized carbons (Fsp3) is 0.467. The Morgan fingerprint density at radius 3 is 3.00 bits per heavy atom. The molecule has 1 aliphatic rings. The van der Waals surface area contributed by atoms with Gasteiger partial charge in [-0.25, -0.2) is 4.98 Å². The van der Waals surface area contributed by atoms with Gasteiger partial charge in [-0.1, -0.05) is 12.8 Å². The van der Waals surface area contributed by atoms with Gasteiger partial charge in [-0.05, 0) is 25.3 Å². The molecule has 0 aliphatic heterocycles. The normalized spacial score (nSPS) is 21.5. The van der Waals surface area contributed by atoms with E-state index in [1.54, 1.807) is 24.0 Å². The zero-order valence-electron chi connectivity index (χ0n) is 12.2. The monoisotopic (exact) mass is 317 g/mol. The van der Waals surface area contributed by atoms with E-state index in [0.717, 1.165) is 19.3 Å². The van der Waals surface area contributed by atoms with Crippen molar-refractivity contribution < 1.29 is 4.79 Å². The highest BCUT2D eigenvalue weighted by Gasteiger charge is 2.26. The maximum atomic E-state index is 12.4. The van der Waals surface area contributed by atoms with E-state index in [-0.39, 0.29) is 11.9 Å². The van der Waals surface area contributed by atoms with Gasteiger partial charge in [0.2, 0.25) is 0 Å². The maximum Gasteiger partial charge on any atom is 0.271 e. The lowest BCUT2D eigenvalue weighted by atomic mass is 9.84. The van der Waals surface area contributed by atoms with Crippen LogP contribution in [0.25, 0.3) is 10.7 Å². The lowest BCUT2D eigenvalue weighted by Gasteiger charge is -2.31. The molecule has 22 heavy (non-hydrogen) atoms. The molecule has 2 aromatic heterocycles. The number of amides is 1. The molecule has 1 saturated carbocycles. The molecule has 3 rings (SSSR count). The molecule has 2 heterocycles. The Hall–Kier alpha value is -1.86. The first-order valence-electron chi connectivity index (χ1n) is 7.51. The van der Waals surface area contributed by atoms with Gasteiger partial charge in [-0.2, -0.15) is 0 Å². The fourth-order valence-electron chi connectivity index (χ4n) is 2.83. The molecule has 3 N–H and O–H groups in total. The summed E-state index contributed by atoms with van der Waals surface area (Å²) in [5.74, 6) is 0.243. The third-order valence-corrected chi connectivity index (χ3v) is 4.91. The van der Waals surface area contributed by atoms with Crippen LogP contribution in [0.4, 0.5) is 0 Å². The van der Waals surface area contributed by atoms with Crippen LogP contribution in [0, 0.1) is 5.92 Å². The average molecular weight is 317 g/mol. The van der Waals surface area contributed by atoms with E-state index in [1.165, 1.54) is 17.8 Å². The number of carbonyl (C=O) groups is 1. The standard InChI is InChI=1S/C15H19N5OS/c16-7-10-3-1-2-4-11(10)19-14(21)13-9-22-15(20-13)12-8-17-5-6-18-12/h5-6,8-11H,1-4,7,16H2,(H,19,21). The maximum absolute atomic E-state index is 12.4. The molecule has 0 spiro atoms. The molecular formula is C15H19N5OS. The smallest absolute Gasteiger partial charge is 0.271 e. The van der Waals surface area contributed by atoms with E-state index in [1.807, 2.05) is 0 Å². The van der Waals surface area contributed by atoms with Crippen LogP contribution in [-0.2, 0) is 0 Å². The molecule has 1 aliphatic carbocycles. The summed E-state index contributed by atoms with van der Waals surface area (Å²) in [5, 5.41) is 5.56. The van der Waals surface area contributed by atoms with Gasteiger partial charge in [-0.3, -0.25) is 14.8 Å². The highest BCUT2D eigenvalue weighted by molar-refractivity contribution is 7.13. The molecular weight excluding hydrogens is 298 g/mol. The molecule has 116 valence electrons. The van der Waals surface area contributed by atoms with Gasteiger partial charge in [0.25, 0.3) is 5.91 Å². The molecule has 0 aromatic carbocycles. The quantitative estimate of drug-likeness (QED) is 0.897. The van der Waals surface area contributed by atoms with Gasteiger partial charge < -0.3 is 11.1 Å². The minimum absolute atomic E-state index is 0.128. The van der Waals surface area contributed by atoms with E-state index in [0.29, 0.717) is 28.9 Å². The number of rotatable bonds is 4. The second-order valence-electron chi connectivity index (χ2n) is 5.49. The average Bonchev–Trinajstić information content (AvgIpc) is 3.06. The Kier molecular flexibility index (Phi) is 4.74. The molecule has 1 amide bonds. The van der Waals surface area contributed by atoms with Crippen molar-refractivity contribution in [2.24, 2.45) is 11.7 Å². The van der Waals surface area contributed by atoms with Crippen molar-refractivity contribution in [3.05, 3.63) is 29.7 Å². The third-order valence-electron chi connectivity index (χ3n) is 4.05. The number of nitrogens with zero attached hydrogens (tertiary/aromatic N) is 3. The second kappa shape index (κ2) is 6.93. The molecule has 0 radical (unpaired) electrons. The van der Waals surface area contributed by atoms with Crippen LogP contribution >= 0.6 is 11.3 Å². The Morgan fingerprint density at radius 1 is 1.36 bits per heavy atom. The molecule has 6 nitrogen and oxygen atoms in total. The predicted molar refractivity (Wildman–Crippen MR) is 85.4 cm³/mol. The van der Waals surface area contributed by atoms with Gasteiger partial charge in [-0.15, -0.1) is 11.3 Å². The van der Waals surface area contributed by atoms with Crippen LogP contribution in [0.3, 0.4) is 0 Å². The summed E-state index contributed by atoms with van der Waals surface area (Å²) in [4.78, 5) is 25.0.